The largest absolute Gasteiger partial charge is 0.455 e. The summed E-state index contributed by atoms with van der Waals surface area (Å²) >= 11 is 0. The maximum Gasteiger partial charge on any atom is 0.455 e. The Kier molecular flexibility index (Phi) is 4.88. The lowest BCUT2D eigenvalue weighted by Crippen LogP contribution is -2.35. The summed E-state index contributed by atoms with van der Waals surface area (Å²) in [7, 11) is 1.51. The van der Waals surface area contributed by atoms with Crippen molar-refractivity contribution in [1.82, 2.24) is 15.5 Å². The van der Waals surface area contributed by atoms with Crippen molar-refractivity contribution in [3.8, 4) is 0 Å². The maximum absolute atomic E-state index is 12.2. The SMILES string of the molecule is CCNC(COC)Cc1nc(C(F)(F)F)no1. The van der Waals surface area contributed by atoms with Gasteiger partial charge in [-0.15, -0.1) is 0 Å². The third-order valence-corrected chi connectivity index (χ3v) is 2.00. The van der Waals surface area contributed by atoms with Crippen molar-refractivity contribution in [1.29, 1.82) is 0 Å². The molecule has 0 fully saturated rings. The van der Waals surface area contributed by atoms with E-state index in [0.717, 1.165) is 0 Å². The minimum Gasteiger partial charge on any atom is -0.383 e. The molecule has 0 bridgehead atoms. The molecule has 0 aliphatic heterocycles. The second-order valence-electron chi connectivity index (χ2n) is 3.42. The quantitative estimate of drug-likeness (QED) is 0.827. The average molecular weight is 253 g/mol. The topological polar surface area (TPSA) is 60.2 Å². The molecule has 17 heavy (non-hydrogen) atoms. The van der Waals surface area contributed by atoms with Crippen LogP contribution in [0, 0.1) is 0 Å². The van der Waals surface area contributed by atoms with Gasteiger partial charge in [0, 0.05) is 19.6 Å². The van der Waals surface area contributed by atoms with Gasteiger partial charge in [0.15, 0.2) is 0 Å². The summed E-state index contributed by atoms with van der Waals surface area (Å²) in [4.78, 5) is 3.29. The molecule has 1 atom stereocenters. The van der Waals surface area contributed by atoms with Crippen molar-refractivity contribution >= 4 is 0 Å². The van der Waals surface area contributed by atoms with Crippen LogP contribution in [0.3, 0.4) is 0 Å². The summed E-state index contributed by atoms with van der Waals surface area (Å²) in [5.41, 5.74) is 0. The Morgan fingerprint density at radius 2 is 2.18 bits per heavy atom. The van der Waals surface area contributed by atoms with Crippen LogP contribution < -0.4 is 5.32 Å². The number of hydrogen-bond acceptors (Lipinski definition) is 5. The minimum atomic E-state index is -4.57. The molecule has 0 aliphatic rings. The molecule has 98 valence electrons. The standard InChI is InChI=1S/C9H14F3N3O2/c1-3-13-6(5-16-2)4-7-14-8(15-17-7)9(10,11)12/h6,13H,3-5H2,1-2H3. The molecule has 1 N–H and O–H groups in total. The number of alkyl halides is 3. The van der Waals surface area contributed by atoms with E-state index in [1.54, 1.807) is 0 Å². The second-order valence-corrected chi connectivity index (χ2v) is 3.42. The molecule has 0 saturated carbocycles. The van der Waals surface area contributed by atoms with E-state index in [2.05, 4.69) is 20.0 Å². The number of aromatic nitrogens is 2. The van der Waals surface area contributed by atoms with Crippen molar-refractivity contribution < 1.29 is 22.4 Å². The van der Waals surface area contributed by atoms with E-state index < -0.39 is 12.0 Å². The molecule has 8 heteroatoms. The Bertz CT molecular complexity index is 334. The fraction of sp³-hybridized carbons (Fsp3) is 0.778. The monoisotopic (exact) mass is 253 g/mol. The summed E-state index contributed by atoms with van der Waals surface area (Å²) in [5.74, 6) is -1.31. The van der Waals surface area contributed by atoms with Crippen LogP contribution in [-0.2, 0) is 17.3 Å². The predicted molar refractivity (Wildman–Crippen MR) is 52.3 cm³/mol. The van der Waals surface area contributed by atoms with Gasteiger partial charge in [-0.2, -0.15) is 18.2 Å². The first-order chi connectivity index (χ1) is 7.97. The van der Waals surface area contributed by atoms with Crippen LogP contribution in [0.15, 0.2) is 4.52 Å². The average Bonchev–Trinajstić information content (AvgIpc) is 2.66. The summed E-state index contributed by atoms with van der Waals surface area (Å²) in [6.07, 6.45) is -4.37. The Labute approximate surface area is 96.3 Å². The van der Waals surface area contributed by atoms with Gasteiger partial charge in [-0.1, -0.05) is 12.1 Å². The van der Waals surface area contributed by atoms with E-state index in [1.165, 1.54) is 7.11 Å². The van der Waals surface area contributed by atoms with Crippen molar-refractivity contribution in [2.75, 3.05) is 20.3 Å². The van der Waals surface area contributed by atoms with Crippen molar-refractivity contribution in [3.05, 3.63) is 11.7 Å². The molecular weight excluding hydrogens is 239 g/mol. The number of rotatable bonds is 6. The van der Waals surface area contributed by atoms with E-state index in [9.17, 15) is 13.2 Å². The number of nitrogens with zero attached hydrogens (tertiary/aromatic N) is 2. The van der Waals surface area contributed by atoms with Gasteiger partial charge >= 0.3 is 6.18 Å². The van der Waals surface area contributed by atoms with Gasteiger partial charge in [-0.05, 0) is 6.54 Å². The zero-order valence-corrected chi connectivity index (χ0v) is 9.54. The Balaban J connectivity index is 2.63. The maximum atomic E-state index is 12.2. The fourth-order valence-corrected chi connectivity index (χ4v) is 1.34. The summed E-state index contributed by atoms with van der Waals surface area (Å²) in [5, 5.41) is 5.93. The van der Waals surface area contributed by atoms with Crippen LogP contribution in [0.4, 0.5) is 13.2 Å². The van der Waals surface area contributed by atoms with E-state index >= 15 is 0 Å². The molecule has 5 nitrogen and oxygen atoms in total. The first-order valence-corrected chi connectivity index (χ1v) is 5.09. The molecule has 0 spiro atoms. The second kappa shape index (κ2) is 5.97. The number of ether oxygens (including phenoxy) is 1. The first kappa shape index (κ1) is 13.9. The molecule has 1 unspecified atom stereocenters. The van der Waals surface area contributed by atoms with Gasteiger partial charge in [0.05, 0.1) is 6.61 Å². The zero-order valence-electron chi connectivity index (χ0n) is 9.54. The normalized spacial score (nSPS) is 13.9. The summed E-state index contributed by atoms with van der Waals surface area (Å²) in [6, 6.07) is -0.147. The highest BCUT2D eigenvalue weighted by Crippen LogP contribution is 2.26. The van der Waals surface area contributed by atoms with Gasteiger partial charge < -0.3 is 14.6 Å². The third kappa shape index (κ3) is 4.31. The first-order valence-electron chi connectivity index (χ1n) is 5.09. The molecule has 0 amide bonds. The van der Waals surface area contributed by atoms with Crippen LogP contribution >= 0.6 is 0 Å². The molecule has 1 heterocycles. The lowest BCUT2D eigenvalue weighted by atomic mass is 10.2. The number of hydrogen-bond donors (Lipinski definition) is 1. The molecule has 1 rings (SSSR count). The molecule has 0 radical (unpaired) electrons. The smallest absolute Gasteiger partial charge is 0.383 e. The minimum absolute atomic E-state index is 0.0553. The Hall–Kier alpha value is -1.15. The van der Waals surface area contributed by atoms with E-state index in [4.69, 9.17) is 4.74 Å². The molecular formula is C9H14F3N3O2. The van der Waals surface area contributed by atoms with E-state index in [1.807, 2.05) is 6.92 Å². The van der Waals surface area contributed by atoms with Crippen LogP contribution in [0.25, 0.3) is 0 Å². The van der Waals surface area contributed by atoms with Crippen molar-refractivity contribution in [2.24, 2.45) is 0 Å². The number of likely N-dealkylation sites (N-methyl/N-ethyl adjacent to an activating group) is 1. The number of nitrogens with one attached hydrogen (secondary N) is 1. The van der Waals surface area contributed by atoms with E-state index in [0.29, 0.717) is 13.2 Å². The van der Waals surface area contributed by atoms with Gasteiger partial charge in [-0.3, -0.25) is 0 Å². The number of halogens is 3. The van der Waals surface area contributed by atoms with Crippen molar-refractivity contribution in [2.45, 2.75) is 25.6 Å². The summed E-state index contributed by atoms with van der Waals surface area (Å²) < 4.78 is 46.1. The van der Waals surface area contributed by atoms with Crippen LogP contribution in [0.5, 0.6) is 0 Å². The number of methoxy groups -OCH3 is 1. The third-order valence-electron chi connectivity index (χ3n) is 2.00. The molecule has 1 aromatic heterocycles. The van der Waals surface area contributed by atoms with Gasteiger partial charge in [0.2, 0.25) is 5.89 Å². The highest BCUT2D eigenvalue weighted by atomic mass is 19.4. The Morgan fingerprint density at radius 1 is 1.47 bits per heavy atom. The van der Waals surface area contributed by atoms with Gasteiger partial charge in [-0.25, -0.2) is 0 Å². The van der Waals surface area contributed by atoms with Crippen LogP contribution in [0.1, 0.15) is 18.6 Å². The summed E-state index contributed by atoms with van der Waals surface area (Å²) in [6.45, 7) is 2.92. The van der Waals surface area contributed by atoms with Crippen molar-refractivity contribution in [3.63, 3.8) is 0 Å². The van der Waals surface area contributed by atoms with Crippen LogP contribution in [0.2, 0.25) is 0 Å². The van der Waals surface area contributed by atoms with Gasteiger partial charge in [0.25, 0.3) is 5.82 Å². The van der Waals surface area contributed by atoms with E-state index in [-0.39, 0.29) is 18.4 Å². The Morgan fingerprint density at radius 3 is 2.65 bits per heavy atom. The molecule has 1 aromatic rings. The predicted octanol–water partition coefficient (Wildman–Crippen LogP) is 1.26. The highest BCUT2D eigenvalue weighted by Gasteiger charge is 2.37. The van der Waals surface area contributed by atoms with Crippen LogP contribution in [-0.4, -0.2) is 36.4 Å². The molecule has 0 aromatic carbocycles. The molecule has 0 aliphatic carbocycles. The van der Waals surface area contributed by atoms with Gasteiger partial charge in [0.1, 0.15) is 0 Å². The fourth-order valence-electron chi connectivity index (χ4n) is 1.34. The zero-order chi connectivity index (χ0) is 12.9. The highest BCUT2D eigenvalue weighted by molar-refractivity contribution is 4.93. The lowest BCUT2D eigenvalue weighted by Gasteiger charge is -2.14. The molecule has 0 saturated heterocycles. The lowest BCUT2D eigenvalue weighted by molar-refractivity contribution is -0.146.